The Balaban J connectivity index is 2.10. The van der Waals surface area contributed by atoms with Gasteiger partial charge in [0.1, 0.15) is 10.6 Å². The van der Waals surface area contributed by atoms with Crippen molar-refractivity contribution in [2.24, 2.45) is 0 Å². The smallest absolute Gasteiger partial charge is 0.328 e. The van der Waals surface area contributed by atoms with E-state index >= 15 is 0 Å². The van der Waals surface area contributed by atoms with E-state index in [9.17, 15) is 13.2 Å². The number of ether oxygens (including phenoxy) is 1. The van der Waals surface area contributed by atoms with Gasteiger partial charge in [0.2, 0.25) is 0 Å². The molecule has 2 aromatic rings. The predicted octanol–water partition coefficient (Wildman–Crippen LogP) is 3.11. The van der Waals surface area contributed by atoms with E-state index in [1.54, 1.807) is 12.1 Å². The number of aliphatic carboxylic acids is 1. The molecule has 0 bridgehead atoms. The minimum atomic E-state index is -3.86. The number of para-hydroxylation sites is 1. The molecule has 7 heteroatoms. The van der Waals surface area contributed by atoms with Crippen molar-refractivity contribution < 1.29 is 23.1 Å². The van der Waals surface area contributed by atoms with E-state index in [0.717, 1.165) is 11.6 Å². The molecule has 136 valence electrons. The summed E-state index contributed by atoms with van der Waals surface area (Å²) in [5, 5.41) is 8.78. The van der Waals surface area contributed by atoms with E-state index in [1.807, 2.05) is 25.1 Å². The van der Waals surface area contributed by atoms with Crippen LogP contribution in [0.5, 0.6) is 5.75 Å². The first-order valence-corrected chi connectivity index (χ1v) is 9.49. The Morgan fingerprint density at radius 1 is 1.27 bits per heavy atom. The first-order valence-electron chi connectivity index (χ1n) is 8.05. The Morgan fingerprint density at radius 3 is 2.69 bits per heavy atom. The molecule has 3 rings (SSSR count). The van der Waals surface area contributed by atoms with Crippen LogP contribution in [0.1, 0.15) is 24.0 Å². The van der Waals surface area contributed by atoms with Crippen molar-refractivity contribution in [2.45, 2.75) is 17.7 Å². The Labute approximate surface area is 152 Å². The minimum Gasteiger partial charge on any atom is -0.495 e. The van der Waals surface area contributed by atoms with E-state index in [2.05, 4.69) is 0 Å². The fourth-order valence-electron chi connectivity index (χ4n) is 3.09. The van der Waals surface area contributed by atoms with Gasteiger partial charge in [0.05, 0.1) is 12.8 Å². The van der Waals surface area contributed by atoms with Gasteiger partial charge < -0.3 is 9.84 Å². The molecular weight excluding hydrogens is 354 g/mol. The molecule has 0 amide bonds. The molecule has 1 aliphatic rings. The van der Waals surface area contributed by atoms with Crippen LogP contribution in [-0.2, 0) is 14.8 Å². The highest BCUT2D eigenvalue weighted by Crippen LogP contribution is 2.40. The highest BCUT2D eigenvalue weighted by molar-refractivity contribution is 7.93. The molecule has 0 aromatic heterocycles. The Bertz CT molecular complexity index is 981. The third-order valence-corrected chi connectivity index (χ3v) is 6.15. The molecule has 1 atom stereocenters. The van der Waals surface area contributed by atoms with Gasteiger partial charge in [0, 0.05) is 18.5 Å². The number of hydrogen-bond acceptors (Lipinski definition) is 4. The molecule has 0 aliphatic carbocycles. The minimum absolute atomic E-state index is 0.0106. The summed E-state index contributed by atoms with van der Waals surface area (Å²) in [4.78, 5) is 10.7. The Kier molecular flexibility index (Phi) is 4.73. The van der Waals surface area contributed by atoms with Crippen molar-refractivity contribution in [3.63, 3.8) is 0 Å². The lowest BCUT2D eigenvalue weighted by molar-refractivity contribution is -0.131. The van der Waals surface area contributed by atoms with Crippen LogP contribution in [0.4, 0.5) is 5.69 Å². The van der Waals surface area contributed by atoms with Crippen LogP contribution in [0.25, 0.3) is 6.08 Å². The SMILES string of the molecule is COc1ccc(/C=C\C(=O)O)cc1S(=O)(=O)N1C[C@@H](C)c2ccccc21. The van der Waals surface area contributed by atoms with Gasteiger partial charge in [-0.1, -0.05) is 31.2 Å². The molecule has 26 heavy (non-hydrogen) atoms. The van der Waals surface area contributed by atoms with Gasteiger partial charge >= 0.3 is 5.97 Å². The largest absolute Gasteiger partial charge is 0.495 e. The second-order valence-electron chi connectivity index (χ2n) is 6.08. The molecule has 0 unspecified atom stereocenters. The average molecular weight is 373 g/mol. The summed E-state index contributed by atoms with van der Waals surface area (Å²) in [6, 6.07) is 12.0. The summed E-state index contributed by atoms with van der Waals surface area (Å²) in [6.45, 7) is 2.33. The van der Waals surface area contributed by atoms with Crippen LogP contribution in [0, 0.1) is 0 Å². The van der Waals surface area contributed by atoms with Crippen LogP contribution in [0.15, 0.2) is 53.4 Å². The fourth-order valence-corrected chi connectivity index (χ4v) is 4.86. The van der Waals surface area contributed by atoms with Crippen molar-refractivity contribution in [3.8, 4) is 5.75 Å². The summed E-state index contributed by atoms with van der Waals surface area (Å²) in [5.41, 5.74) is 2.11. The number of nitrogens with zero attached hydrogens (tertiary/aromatic N) is 1. The van der Waals surface area contributed by atoms with Gasteiger partial charge in [0.25, 0.3) is 10.0 Å². The molecule has 1 N–H and O–H groups in total. The molecule has 2 aromatic carbocycles. The summed E-state index contributed by atoms with van der Waals surface area (Å²) in [6.07, 6.45) is 2.31. The summed E-state index contributed by atoms with van der Waals surface area (Å²) < 4.78 is 33.3. The first-order chi connectivity index (χ1) is 12.3. The first kappa shape index (κ1) is 18.0. The zero-order valence-corrected chi connectivity index (χ0v) is 15.2. The number of carbonyl (C=O) groups is 1. The number of carboxylic acids is 1. The summed E-state index contributed by atoms with van der Waals surface area (Å²) in [5.74, 6) is -0.802. The van der Waals surface area contributed by atoms with E-state index in [4.69, 9.17) is 9.84 Å². The van der Waals surface area contributed by atoms with Gasteiger partial charge in [-0.15, -0.1) is 0 Å². The van der Waals surface area contributed by atoms with Gasteiger partial charge in [-0.3, -0.25) is 4.31 Å². The van der Waals surface area contributed by atoms with E-state index in [1.165, 1.54) is 29.6 Å². The standard InChI is InChI=1S/C19H19NO5S/c1-13-12-20(16-6-4-3-5-15(13)16)26(23,24)18-11-14(8-10-19(21)22)7-9-17(18)25-2/h3-11,13H,12H2,1-2H3,(H,21,22)/b10-8-/t13-/m1/s1. The highest BCUT2D eigenvalue weighted by Gasteiger charge is 2.36. The number of anilines is 1. The molecule has 1 aliphatic heterocycles. The third-order valence-electron chi connectivity index (χ3n) is 4.35. The van der Waals surface area contributed by atoms with Gasteiger partial charge in [-0.2, -0.15) is 0 Å². The average Bonchev–Trinajstić information content (AvgIpc) is 2.97. The molecule has 0 spiro atoms. The van der Waals surface area contributed by atoms with Gasteiger partial charge in [-0.05, 0) is 35.4 Å². The molecule has 1 heterocycles. The lowest BCUT2D eigenvalue weighted by atomic mass is 10.0. The molecule has 0 saturated carbocycles. The predicted molar refractivity (Wildman–Crippen MR) is 99.1 cm³/mol. The summed E-state index contributed by atoms with van der Waals surface area (Å²) >= 11 is 0. The Morgan fingerprint density at radius 2 is 2.00 bits per heavy atom. The lowest BCUT2D eigenvalue weighted by Crippen LogP contribution is -2.30. The van der Waals surface area contributed by atoms with E-state index < -0.39 is 16.0 Å². The van der Waals surface area contributed by atoms with Crippen LogP contribution < -0.4 is 9.04 Å². The number of fused-ring (bicyclic) bond motifs is 1. The van der Waals surface area contributed by atoms with Crippen molar-refractivity contribution >= 4 is 27.8 Å². The maximum atomic E-state index is 13.3. The zero-order valence-electron chi connectivity index (χ0n) is 14.4. The molecule has 0 radical (unpaired) electrons. The summed E-state index contributed by atoms with van der Waals surface area (Å²) in [7, 11) is -2.46. The van der Waals surface area contributed by atoms with Crippen molar-refractivity contribution in [2.75, 3.05) is 18.0 Å². The Hall–Kier alpha value is -2.80. The van der Waals surface area contributed by atoms with Crippen molar-refractivity contribution in [1.29, 1.82) is 0 Å². The maximum Gasteiger partial charge on any atom is 0.328 e. The molecule has 0 saturated heterocycles. The van der Waals surface area contributed by atoms with Crippen LogP contribution in [0.3, 0.4) is 0 Å². The number of rotatable bonds is 5. The second kappa shape index (κ2) is 6.84. The van der Waals surface area contributed by atoms with E-state index in [-0.39, 0.29) is 16.6 Å². The number of carboxylic acid groups (broad SMARTS) is 1. The fraction of sp³-hybridized carbons (Fsp3) is 0.211. The molecule has 6 nitrogen and oxygen atoms in total. The number of sulfonamides is 1. The topological polar surface area (TPSA) is 83.9 Å². The number of methoxy groups -OCH3 is 1. The quantitative estimate of drug-likeness (QED) is 0.814. The lowest BCUT2D eigenvalue weighted by Gasteiger charge is -2.21. The van der Waals surface area contributed by atoms with Gasteiger partial charge in [0.15, 0.2) is 0 Å². The van der Waals surface area contributed by atoms with Gasteiger partial charge in [-0.25, -0.2) is 13.2 Å². The highest BCUT2D eigenvalue weighted by atomic mass is 32.2. The zero-order chi connectivity index (χ0) is 18.9. The third kappa shape index (κ3) is 3.17. The van der Waals surface area contributed by atoms with Crippen molar-refractivity contribution in [1.82, 2.24) is 0 Å². The number of hydrogen-bond donors (Lipinski definition) is 1. The van der Waals surface area contributed by atoms with Crippen LogP contribution in [-0.4, -0.2) is 33.1 Å². The van der Waals surface area contributed by atoms with E-state index in [0.29, 0.717) is 17.8 Å². The van der Waals surface area contributed by atoms with Crippen molar-refractivity contribution in [3.05, 3.63) is 59.7 Å². The monoisotopic (exact) mass is 373 g/mol. The molecular formula is C19H19NO5S. The number of benzene rings is 2. The molecule has 0 fully saturated rings. The second-order valence-corrected chi connectivity index (χ2v) is 7.91. The van der Waals surface area contributed by atoms with Crippen LogP contribution >= 0.6 is 0 Å². The normalized spacial score (nSPS) is 16.7. The van der Waals surface area contributed by atoms with Crippen LogP contribution in [0.2, 0.25) is 0 Å². The maximum absolute atomic E-state index is 13.3.